The van der Waals surface area contributed by atoms with E-state index in [9.17, 15) is 8.42 Å². The van der Waals surface area contributed by atoms with Gasteiger partial charge in [-0.25, -0.2) is 19.9 Å². The molecule has 0 unspecified atom stereocenters. The molecule has 0 bridgehead atoms. The predicted octanol–water partition coefficient (Wildman–Crippen LogP) is 4.32. The normalized spacial score (nSPS) is 11.4. The molecule has 0 saturated carbocycles. The summed E-state index contributed by atoms with van der Waals surface area (Å²) in [6.45, 7) is 5.73. The van der Waals surface area contributed by atoms with Gasteiger partial charge in [-0.05, 0) is 43.3 Å². The van der Waals surface area contributed by atoms with Crippen molar-refractivity contribution in [2.75, 3.05) is 15.4 Å². The molecule has 0 fully saturated rings. The first-order chi connectivity index (χ1) is 16.2. The van der Waals surface area contributed by atoms with Crippen molar-refractivity contribution in [3.05, 3.63) is 72.6 Å². The number of anilines is 5. The van der Waals surface area contributed by atoms with Crippen molar-refractivity contribution < 1.29 is 8.42 Å². The standard InChI is InChI=1S/C23H26N8O2S/c1-15(2)23-29-22(14-31(23)4)34(32,33)30-18-10-8-17(9-11-18)27-20-13-21(26-16(3)25-20)28-19-7-5-6-12-24-19/h5-15,30H,1-4H3,(H2,24,25,26,27,28). The number of sulfonamides is 1. The van der Waals surface area contributed by atoms with Gasteiger partial charge < -0.3 is 15.2 Å². The van der Waals surface area contributed by atoms with Crippen LogP contribution in [0.3, 0.4) is 0 Å². The highest BCUT2D eigenvalue weighted by Gasteiger charge is 2.20. The Morgan fingerprint density at radius 1 is 0.882 bits per heavy atom. The lowest BCUT2D eigenvalue weighted by Gasteiger charge is -2.11. The van der Waals surface area contributed by atoms with Gasteiger partial charge in [0.25, 0.3) is 10.0 Å². The molecule has 3 N–H and O–H groups in total. The zero-order valence-corrected chi connectivity index (χ0v) is 20.1. The SMILES string of the molecule is Cc1nc(Nc2ccc(NS(=O)(=O)c3cn(C)c(C(C)C)n3)cc2)cc(Nc2ccccn2)n1. The molecule has 11 heteroatoms. The molecule has 0 spiro atoms. The molecular weight excluding hydrogens is 452 g/mol. The Bertz CT molecular complexity index is 1380. The van der Waals surface area contributed by atoms with E-state index in [-0.39, 0.29) is 10.9 Å². The second-order valence-electron chi connectivity index (χ2n) is 8.04. The lowest BCUT2D eigenvalue weighted by molar-refractivity contribution is 0.597. The third-order valence-corrected chi connectivity index (χ3v) is 6.10. The molecule has 0 aliphatic heterocycles. The summed E-state index contributed by atoms with van der Waals surface area (Å²) >= 11 is 0. The number of imidazole rings is 1. The van der Waals surface area contributed by atoms with E-state index in [1.165, 1.54) is 6.20 Å². The van der Waals surface area contributed by atoms with Crippen LogP contribution < -0.4 is 15.4 Å². The maximum absolute atomic E-state index is 12.8. The molecule has 176 valence electrons. The minimum absolute atomic E-state index is 0.00898. The van der Waals surface area contributed by atoms with Crippen LogP contribution in [0.5, 0.6) is 0 Å². The first-order valence-corrected chi connectivity index (χ1v) is 12.1. The van der Waals surface area contributed by atoms with E-state index in [1.807, 2.05) is 32.0 Å². The van der Waals surface area contributed by atoms with Crippen LogP contribution in [0.1, 0.15) is 31.4 Å². The summed E-state index contributed by atoms with van der Waals surface area (Å²) in [5.41, 5.74) is 1.17. The van der Waals surface area contributed by atoms with Crippen LogP contribution in [0.2, 0.25) is 0 Å². The van der Waals surface area contributed by atoms with Gasteiger partial charge in [-0.1, -0.05) is 19.9 Å². The second kappa shape index (κ2) is 9.48. The molecule has 4 rings (SSSR count). The molecule has 34 heavy (non-hydrogen) atoms. The fourth-order valence-electron chi connectivity index (χ4n) is 3.36. The molecular formula is C23H26N8O2S. The quantitative estimate of drug-likeness (QED) is 0.342. The molecule has 0 aliphatic carbocycles. The summed E-state index contributed by atoms with van der Waals surface area (Å²) in [6, 6.07) is 14.2. The van der Waals surface area contributed by atoms with Gasteiger partial charge in [0, 0.05) is 42.8 Å². The van der Waals surface area contributed by atoms with Gasteiger partial charge in [0.2, 0.25) is 0 Å². The second-order valence-corrected chi connectivity index (χ2v) is 9.67. The zero-order valence-electron chi connectivity index (χ0n) is 19.3. The van der Waals surface area contributed by atoms with E-state index in [2.05, 4.69) is 35.3 Å². The monoisotopic (exact) mass is 478 g/mol. The minimum atomic E-state index is -3.80. The van der Waals surface area contributed by atoms with Crippen molar-refractivity contribution in [3.8, 4) is 0 Å². The molecule has 0 aliphatic rings. The van der Waals surface area contributed by atoms with Crippen LogP contribution in [0, 0.1) is 6.92 Å². The van der Waals surface area contributed by atoms with Gasteiger partial charge in [0.1, 0.15) is 29.1 Å². The molecule has 0 saturated heterocycles. The number of aromatic nitrogens is 5. The van der Waals surface area contributed by atoms with Crippen LogP contribution in [-0.2, 0) is 17.1 Å². The molecule has 4 aromatic rings. The van der Waals surface area contributed by atoms with Crippen molar-refractivity contribution in [1.82, 2.24) is 24.5 Å². The summed E-state index contributed by atoms with van der Waals surface area (Å²) in [4.78, 5) is 17.3. The van der Waals surface area contributed by atoms with Crippen molar-refractivity contribution >= 4 is 38.9 Å². The lowest BCUT2D eigenvalue weighted by atomic mass is 10.2. The van der Waals surface area contributed by atoms with E-state index in [4.69, 9.17) is 0 Å². The molecule has 3 heterocycles. The van der Waals surface area contributed by atoms with Gasteiger partial charge in [0.15, 0.2) is 5.03 Å². The number of nitrogens with one attached hydrogen (secondary N) is 3. The number of hydrogen-bond donors (Lipinski definition) is 3. The van der Waals surface area contributed by atoms with Gasteiger partial charge in [-0.2, -0.15) is 8.42 Å². The summed E-state index contributed by atoms with van der Waals surface area (Å²) in [6.07, 6.45) is 3.21. The number of aryl methyl sites for hydroxylation is 2. The Balaban J connectivity index is 1.46. The van der Waals surface area contributed by atoms with E-state index in [1.54, 1.807) is 55.1 Å². The summed E-state index contributed by atoms with van der Waals surface area (Å²) in [5, 5.41) is 6.35. The summed E-state index contributed by atoms with van der Waals surface area (Å²) < 4.78 is 29.8. The van der Waals surface area contributed by atoms with E-state index >= 15 is 0 Å². The third kappa shape index (κ3) is 5.49. The smallest absolute Gasteiger partial charge is 0.280 e. The molecule has 1 aromatic carbocycles. The van der Waals surface area contributed by atoms with E-state index in [0.717, 1.165) is 5.69 Å². The Morgan fingerprint density at radius 2 is 1.56 bits per heavy atom. The molecule has 3 aromatic heterocycles. The van der Waals surface area contributed by atoms with Crippen molar-refractivity contribution in [3.63, 3.8) is 0 Å². The minimum Gasteiger partial charge on any atom is -0.340 e. The van der Waals surface area contributed by atoms with E-state index < -0.39 is 10.0 Å². The largest absolute Gasteiger partial charge is 0.340 e. The van der Waals surface area contributed by atoms with Crippen molar-refractivity contribution in [1.29, 1.82) is 0 Å². The first kappa shape index (κ1) is 23.2. The van der Waals surface area contributed by atoms with Crippen molar-refractivity contribution in [2.24, 2.45) is 7.05 Å². The first-order valence-electron chi connectivity index (χ1n) is 10.7. The Morgan fingerprint density at radius 3 is 2.18 bits per heavy atom. The van der Waals surface area contributed by atoms with Gasteiger partial charge >= 0.3 is 0 Å². The summed E-state index contributed by atoms with van der Waals surface area (Å²) in [5.74, 6) is 3.28. The molecule has 0 amide bonds. The Labute approximate surface area is 198 Å². The lowest BCUT2D eigenvalue weighted by Crippen LogP contribution is -2.13. The number of pyridine rings is 1. The van der Waals surface area contributed by atoms with Crippen LogP contribution in [0.4, 0.5) is 28.8 Å². The fraction of sp³-hybridized carbons (Fsp3) is 0.217. The highest BCUT2D eigenvalue weighted by Crippen LogP contribution is 2.23. The van der Waals surface area contributed by atoms with Gasteiger partial charge in [-0.15, -0.1) is 0 Å². The number of rotatable bonds is 8. The summed E-state index contributed by atoms with van der Waals surface area (Å²) in [7, 11) is -2.01. The highest BCUT2D eigenvalue weighted by molar-refractivity contribution is 7.92. The average Bonchev–Trinajstić information content (AvgIpc) is 3.18. The van der Waals surface area contributed by atoms with Gasteiger partial charge in [0.05, 0.1) is 0 Å². The predicted molar refractivity (Wildman–Crippen MR) is 132 cm³/mol. The van der Waals surface area contributed by atoms with Gasteiger partial charge in [-0.3, -0.25) is 4.72 Å². The number of nitrogens with zero attached hydrogens (tertiary/aromatic N) is 5. The fourth-order valence-corrected chi connectivity index (χ4v) is 4.42. The van der Waals surface area contributed by atoms with Crippen LogP contribution >= 0.6 is 0 Å². The zero-order chi connectivity index (χ0) is 24.3. The molecule has 0 atom stereocenters. The molecule has 10 nitrogen and oxygen atoms in total. The third-order valence-electron chi connectivity index (χ3n) is 4.85. The topological polar surface area (TPSA) is 127 Å². The molecule has 0 radical (unpaired) electrons. The Hall–Kier alpha value is -3.99. The van der Waals surface area contributed by atoms with Crippen LogP contribution in [0.15, 0.2) is 66.0 Å². The highest BCUT2D eigenvalue weighted by atomic mass is 32.2. The van der Waals surface area contributed by atoms with E-state index in [0.29, 0.717) is 34.8 Å². The average molecular weight is 479 g/mol. The van der Waals surface area contributed by atoms with Crippen LogP contribution in [-0.4, -0.2) is 32.9 Å². The van der Waals surface area contributed by atoms with Crippen molar-refractivity contribution in [2.45, 2.75) is 31.7 Å². The van der Waals surface area contributed by atoms with Crippen LogP contribution in [0.25, 0.3) is 0 Å². The Kier molecular flexibility index (Phi) is 6.46. The number of hydrogen-bond acceptors (Lipinski definition) is 8. The maximum Gasteiger partial charge on any atom is 0.280 e. The maximum atomic E-state index is 12.8. The number of benzene rings is 1.